The predicted octanol–water partition coefficient (Wildman–Crippen LogP) is 1.22. The quantitative estimate of drug-likeness (QED) is 0.836. The SMILES string of the molecule is COc1nc(OC)c2c(O)c(C#N)ccc2n1. The lowest BCUT2D eigenvalue weighted by atomic mass is 10.1. The van der Waals surface area contributed by atoms with Crippen molar-refractivity contribution in [3.63, 3.8) is 0 Å². The van der Waals surface area contributed by atoms with E-state index in [1.807, 2.05) is 6.07 Å². The number of rotatable bonds is 2. The Morgan fingerprint density at radius 1 is 1.24 bits per heavy atom. The van der Waals surface area contributed by atoms with Crippen molar-refractivity contribution >= 4 is 10.9 Å². The first-order chi connectivity index (χ1) is 8.21. The third-order valence-electron chi connectivity index (χ3n) is 2.28. The molecule has 86 valence electrons. The summed E-state index contributed by atoms with van der Waals surface area (Å²) in [6.45, 7) is 0. The van der Waals surface area contributed by atoms with Crippen molar-refractivity contribution in [2.75, 3.05) is 14.2 Å². The number of methoxy groups -OCH3 is 2. The van der Waals surface area contributed by atoms with Gasteiger partial charge >= 0.3 is 6.01 Å². The lowest BCUT2D eigenvalue weighted by Gasteiger charge is -2.08. The second-order valence-electron chi connectivity index (χ2n) is 3.19. The van der Waals surface area contributed by atoms with Crippen LogP contribution in [-0.4, -0.2) is 29.3 Å². The number of benzene rings is 1. The van der Waals surface area contributed by atoms with Gasteiger partial charge in [-0.25, -0.2) is 0 Å². The molecule has 0 radical (unpaired) electrons. The number of hydrogen-bond acceptors (Lipinski definition) is 6. The Morgan fingerprint density at radius 2 is 2.00 bits per heavy atom. The normalized spacial score (nSPS) is 9.94. The van der Waals surface area contributed by atoms with Gasteiger partial charge in [-0.2, -0.15) is 15.2 Å². The number of aromatic nitrogens is 2. The van der Waals surface area contributed by atoms with Crippen LogP contribution in [0.5, 0.6) is 17.6 Å². The first-order valence-electron chi connectivity index (χ1n) is 4.73. The molecule has 0 spiro atoms. The fourth-order valence-corrected chi connectivity index (χ4v) is 1.48. The standard InChI is InChI=1S/C11H9N3O3/c1-16-10-8-7(13-11(14-10)17-2)4-3-6(5-12)9(8)15/h3-4,15H,1-2H3. The number of hydrogen-bond donors (Lipinski definition) is 1. The largest absolute Gasteiger partial charge is 0.506 e. The number of nitriles is 1. The molecule has 1 aromatic carbocycles. The maximum atomic E-state index is 9.90. The number of fused-ring (bicyclic) bond motifs is 1. The third-order valence-corrected chi connectivity index (χ3v) is 2.28. The summed E-state index contributed by atoms with van der Waals surface area (Å²) in [4.78, 5) is 8.00. The highest BCUT2D eigenvalue weighted by molar-refractivity contribution is 5.91. The molecule has 6 nitrogen and oxygen atoms in total. The van der Waals surface area contributed by atoms with E-state index in [1.165, 1.54) is 20.3 Å². The third kappa shape index (κ3) is 1.67. The van der Waals surface area contributed by atoms with E-state index in [4.69, 9.17) is 14.7 Å². The highest BCUT2D eigenvalue weighted by Gasteiger charge is 2.15. The average Bonchev–Trinajstić information content (AvgIpc) is 2.37. The molecule has 0 aliphatic rings. The number of nitrogens with zero attached hydrogens (tertiary/aromatic N) is 3. The van der Waals surface area contributed by atoms with E-state index in [2.05, 4.69) is 9.97 Å². The van der Waals surface area contributed by atoms with Gasteiger partial charge in [0.15, 0.2) is 0 Å². The molecule has 0 atom stereocenters. The topological polar surface area (TPSA) is 88.3 Å². The van der Waals surface area contributed by atoms with Crippen molar-refractivity contribution < 1.29 is 14.6 Å². The minimum atomic E-state index is -0.190. The van der Waals surface area contributed by atoms with Crippen molar-refractivity contribution in [2.24, 2.45) is 0 Å². The molecule has 2 aromatic rings. The Hall–Kier alpha value is -2.55. The number of aromatic hydroxyl groups is 1. The van der Waals surface area contributed by atoms with Gasteiger partial charge in [0.05, 0.1) is 25.3 Å². The van der Waals surface area contributed by atoms with Gasteiger partial charge in [0.1, 0.15) is 17.2 Å². The van der Waals surface area contributed by atoms with Gasteiger partial charge in [0.25, 0.3) is 0 Å². The molecular weight excluding hydrogens is 222 g/mol. The smallest absolute Gasteiger partial charge is 0.320 e. The molecular formula is C11H9N3O3. The Bertz CT molecular complexity index is 619. The van der Waals surface area contributed by atoms with Gasteiger partial charge in [-0.1, -0.05) is 0 Å². The summed E-state index contributed by atoms with van der Waals surface area (Å²) in [6, 6.07) is 5.09. The van der Waals surface area contributed by atoms with E-state index in [-0.39, 0.29) is 23.2 Å². The summed E-state index contributed by atoms with van der Waals surface area (Å²) in [7, 11) is 2.85. The summed E-state index contributed by atoms with van der Waals surface area (Å²) >= 11 is 0. The summed E-state index contributed by atoms with van der Waals surface area (Å²) in [5.41, 5.74) is 0.592. The van der Waals surface area contributed by atoms with E-state index in [1.54, 1.807) is 6.07 Å². The lowest BCUT2D eigenvalue weighted by Crippen LogP contribution is -1.97. The second-order valence-corrected chi connectivity index (χ2v) is 3.19. The van der Waals surface area contributed by atoms with E-state index in [0.717, 1.165) is 0 Å². The average molecular weight is 231 g/mol. The molecule has 0 unspecified atom stereocenters. The summed E-state index contributed by atoms with van der Waals surface area (Å²) in [5.74, 6) is -0.0223. The molecule has 17 heavy (non-hydrogen) atoms. The van der Waals surface area contributed by atoms with Gasteiger partial charge in [-0.3, -0.25) is 0 Å². The van der Waals surface area contributed by atoms with Crippen LogP contribution in [0.4, 0.5) is 0 Å². The molecule has 6 heteroatoms. The van der Waals surface area contributed by atoms with Crippen molar-refractivity contribution in [3.05, 3.63) is 17.7 Å². The van der Waals surface area contributed by atoms with Crippen molar-refractivity contribution in [3.8, 4) is 23.7 Å². The second kappa shape index (κ2) is 4.14. The molecule has 0 bridgehead atoms. The molecule has 0 aliphatic heterocycles. The van der Waals surface area contributed by atoms with E-state index in [0.29, 0.717) is 10.9 Å². The first-order valence-corrected chi connectivity index (χ1v) is 4.73. The number of phenolic OH excluding ortho intramolecular Hbond substituents is 1. The molecule has 1 N–H and O–H groups in total. The van der Waals surface area contributed by atoms with E-state index >= 15 is 0 Å². The number of ether oxygens (including phenoxy) is 2. The fraction of sp³-hybridized carbons (Fsp3) is 0.182. The van der Waals surface area contributed by atoms with Gasteiger partial charge in [-0.15, -0.1) is 0 Å². The first kappa shape index (κ1) is 11.0. The van der Waals surface area contributed by atoms with Gasteiger partial charge in [-0.05, 0) is 12.1 Å². The Kier molecular flexibility index (Phi) is 2.66. The highest BCUT2D eigenvalue weighted by Crippen LogP contribution is 2.34. The molecule has 0 amide bonds. The van der Waals surface area contributed by atoms with Gasteiger partial charge in [0.2, 0.25) is 5.88 Å². The van der Waals surface area contributed by atoms with Gasteiger partial charge in [0, 0.05) is 0 Å². The van der Waals surface area contributed by atoms with Crippen molar-refractivity contribution in [1.29, 1.82) is 5.26 Å². The summed E-state index contributed by atoms with van der Waals surface area (Å²) < 4.78 is 9.96. The Balaban J connectivity index is 2.86. The number of phenols is 1. The van der Waals surface area contributed by atoms with Gasteiger partial charge < -0.3 is 14.6 Å². The molecule has 0 saturated carbocycles. The molecule has 0 fully saturated rings. The van der Waals surface area contributed by atoms with Crippen LogP contribution in [0.15, 0.2) is 12.1 Å². The monoisotopic (exact) mass is 231 g/mol. The molecule has 1 aromatic heterocycles. The Morgan fingerprint density at radius 3 is 2.59 bits per heavy atom. The zero-order chi connectivity index (χ0) is 12.4. The lowest BCUT2D eigenvalue weighted by molar-refractivity contribution is 0.356. The summed E-state index contributed by atoms with van der Waals surface area (Å²) in [6.07, 6.45) is 0. The van der Waals surface area contributed by atoms with Crippen LogP contribution >= 0.6 is 0 Å². The zero-order valence-corrected chi connectivity index (χ0v) is 9.26. The maximum Gasteiger partial charge on any atom is 0.320 e. The van der Waals surface area contributed by atoms with Crippen LogP contribution < -0.4 is 9.47 Å². The molecule has 0 saturated heterocycles. The minimum Gasteiger partial charge on any atom is -0.506 e. The van der Waals surface area contributed by atoms with Crippen molar-refractivity contribution in [1.82, 2.24) is 9.97 Å². The van der Waals surface area contributed by atoms with Crippen LogP contribution in [0.25, 0.3) is 10.9 Å². The van der Waals surface area contributed by atoms with Crippen LogP contribution in [0.2, 0.25) is 0 Å². The van der Waals surface area contributed by atoms with Crippen LogP contribution in [0.1, 0.15) is 5.56 Å². The molecule has 0 aliphatic carbocycles. The minimum absolute atomic E-state index is 0.137. The molecule has 2 rings (SSSR count). The predicted molar refractivity (Wildman–Crippen MR) is 59.0 cm³/mol. The van der Waals surface area contributed by atoms with Crippen LogP contribution in [-0.2, 0) is 0 Å². The van der Waals surface area contributed by atoms with Crippen LogP contribution in [0.3, 0.4) is 0 Å². The maximum absolute atomic E-state index is 9.90. The van der Waals surface area contributed by atoms with Crippen LogP contribution in [0, 0.1) is 11.3 Å². The van der Waals surface area contributed by atoms with Crippen molar-refractivity contribution in [2.45, 2.75) is 0 Å². The zero-order valence-electron chi connectivity index (χ0n) is 9.26. The highest BCUT2D eigenvalue weighted by atomic mass is 16.5. The summed E-state index contributed by atoms with van der Waals surface area (Å²) in [5, 5.41) is 19.0. The van der Waals surface area contributed by atoms with E-state index in [9.17, 15) is 5.11 Å². The van der Waals surface area contributed by atoms with E-state index < -0.39 is 0 Å². The fourth-order valence-electron chi connectivity index (χ4n) is 1.48. The Labute approximate surface area is 97.1 Å². The molecule has 1 heterocycles.